The Labute approximate surface area is 187 Å². The van der Waals surface area contributed by atoms with Gasteiger partial charge in [-0.15, -0.1) is 0 Å². The summed E-state index contributed by atoms with van der Waals surface area (Å²) in [6, 6.07) is 16.1. The second-order valence-corrected chi connectivity index (χ2v) is 8.23. The third-order valence-corrected chi connectivity index (χ3v) is 5.82. The normalized spacial score (nSPS) is 12.7. The number of carbonyl (C=O) groups is 2. The van der Waals surface area contributed by atoms with E-state index in [1.807, 2.05) is 74.4 Å². The highest BCUT2D eigenvalue weighted by molar-refractivity contribution is 5.91. The zero-order valence-corrected chi connectivity index (χ0v) is 19.8. The van der Waals surface area contributed by atoms with Crippen molar-refractivity contribution in [2.24, 2.45) is 0 Å². The SMILES string of the molecule is CCC(=O)Nc1ccc(N(C)C)c(CN(C(=O)[C@@H](CC)c2ccccc2)[C@H](C)CC)c1. The molecule has 5 heteroatoms. The van der Waals surface area contributed by atoms with Crippen molar-refractivity contribution in [3.05, 3.63) is 59.7 Å². The topological polar surface area (TPSA) is 52.7 Å². The zero-order chi connectivity index (χ0) is 23.0. The molecule has 5 nitrogen and oxygen atoms in total. The van der Waals surface area contributed by atoms with Gasteiger partial charge in [0.1, 0.15) is 0 Å². The Morgan fingerprint density at radius 1 is 0.968 bits per heavy atom. The van der Waals surface area contributed by atoms with Gasteiger partial charge in [0.15, 0.2) is 0 Å². The molecular weight excluding hydrogens is 386 g/mol. The lowest BCUT2D eigenvalue weighted by atomic mass is 9.94. The first-order valence-electron chi connectivity index (χ1n) is 11.3. The average molecular weight is 424 g/mol. The number of benzene rings is 2. The molecule has 0 aromatic heterocycles. The highest BCUT2D eigenvalue weighted by Gasteiger charge is 2.28. The molecule has 0 saturated carbocycles. The quantitative estimate of drug-likeness (QED) is 0.555. The summed E-state index contributed by atoms with van der Waals surface area (Å²) in [5.74, 6) is -0.0368. The molecule has 0 spiro atoms. The first-order valence-corrected chi connectivity index (χ1v) is 11.3. The van der Waals surface area contributed by atoms with Crippen LogP contribution in [0.4, 0.5) is 11.4 Å². The van der Waals surface area contributed by atoms with E-state index in [9.17, 15) is 9.59 Å². The van der Waals surface area contributed by atoms with Gasteiger partial charge in [-0.2, -0.15) is 0 Å². The fourth-order valence-electron chi connectivity index (χ4n) is 3.77. The molecule has 0 fully saturated rings. The minimum absolute atomic E-state index is 0.0199. The van der Waals surface area contributed by atoms with Gasteiger partial charge in [-0.05, 0) is 49.1 Å². The Hall–Kier alpha value is -2.82. The summed E-state index contributed by atoms with van der Waals surface area (Å²) in [6.45, 7) is 8.62. The first kappa shape index (κ1) is 24.4. The lowest BCUT2D eigenvalue weighted by Crippen LogP contribution is -2.41. The summed E-state index contributed by atoms with van der Waals surface area (Å²) >= 11 is 0. The van der Waals surface area contributed by atoms with Crippen LogP contribution in [0.15, 0.2) is 48.5 Å². The average Bonchev–Trinajstić information content (AvgIpc) is 2.77. The van der Waals surface area contributed by atoms with Crippen LogP contribution in [0.5, 0.6) is 0 Å². The molecule has 0 saturated heterocycles. The number of carbonyl (C=O) groups excluding carboxylic acids is 2. The van der Waals surface area contributed by atoms with Crippen molar-refractivity contribution in [2.45, 2.75) is 65.5 Å². The van der Waals surface area contributed by atoms with Gasteiger partial charge in [-0.1, -0.05) is 51.1 Å². The van der Waals surface area contributed by atoms with Gasteiger partial charge in [0.25, 0.3) is 0 Å². The summed E-state index contributed by atoms with van der Waals surface area (Å²) in [6.07, 6.45) is 2.06. The van der Waals surface area contributed by atoms with Crippen LogP contribution >= 0.6 is 0 Å². The lowest BCUT2D eigenvalue weighted by molar-refractivity contribution is -0.135. The third kappa shape index (κ3) is 6.33. The van der Waals surface area contributed by atoms with E-state index in [4.69, 9.17) is 0 Å². The fourth-order valence-corrected chi connectivity index (χ4v) is 3.77. The Balaban J connectivity index is 2.42. The number of nitrogens with zero attached hydrogens (tertiary/aromatic N) is 2. The predicted molar refractivity (Wildman–Crippen MR) is 129 cm³/mol. The summed E-state index contributed by atoms with van der Waals surface area (Å²) < 4.78 is 0. The van der Waals surface area contributed by atoms with Crippen molar-refractivity contribution in [3.8, 4) is 0 Å². The van der Waals surface area contributed by atoms with Crippen molar-refractivity contribution < 1.29 is 9.59 Å². The van der Waals surface area contributed by atoms with Crippen LogP contribution < -0.4 is 10.2 Å². The monoisotopic (exact) mass is 423 g/mol. The van der Waals surface area contributed by atoms with E-state index in [2.05, 4.69) is 31.0 Å². The van der Waals surface area contributed by atoms with Crippen LogP contribution in [0.2, 0.25) is 0 Å². The molecule has 0 aliphatic heterocycles. The van der Waals surface area contributed by atoms with Crippen molar-refractivity contribution in [1.29, 1.82) is 0 Å². The highest BCUT2D eigenvalue weighted by Crippen LogP contribution is 2.29. The molecule has 2 atom stereocenters. The van der Waals surface area contributed by atoms with E-state index in [1.54, 1.807) is 0 Å². The summed E-state index contributed by atoms with van der Waals surface area (Å²) in [4.78, 5) is 29.7. The van der Waals surface area contributed by atoms with E-state index in [1.165, 1.54) is 0 Å². The molecule has 31 heavy (non-hydrogen) atoms. The van der Waals surface area contributed by atoms with Gasteiger partial charge in [-0.25, -0.2) is 0 Å². The molecule has 1 N–H and O–H groups in total. The maximum absolute atomic E-state index is 13.7. The molecular formula is C26H37N3O2. The van der Waals surface area contributed by atoms with Crippen molar-refractivity contribution in [1.82, 2.24) is 4.90 Å². The van der Waals surface area contributed by atoms with Crippen LogP contribution in [0.1, 0.15) is 64.0 Å². The van der Waals surface area contributed by atoms with E-state index in [0.717, 1.165) is 35.3 Å². The number of hydrogen-bond donors (Lipinski definition) is 1. The zero-order valence-electron chi connectivity index (χ0n) is 19.8. The van der Waals surface area contributed by atoms with Crippen LogP contribution in [0.25, 0.3) is 0 Å². The summed E-state index contributed by atoms with van der Waals surface area (Å²) in [7, 11) is 3.99. The molecule has 0 radical (unpaired) electrons. The minimum atomic E-state index is -0.166. The molecule has 168 valence electrons. The number of anilines is 2. The van der Waals surface area contributed by atoms with E-state index in [0.29, 0.717) is 13.0 Å². The summed E-state index contributed by atoms with van der Waals surface area (Å²) in [5, 5.41) is 2.94. The standard InChI is InChI=1S/C26H37N3O2/c1-7-19(4)29(26(31)23(8-2)20-13-11-10-12-14-20)18-21-17-22(27-25(30)9-3)15-16-24(21)28(5)6/h10-17,19,23H,7-9,18H2,1-6H3,(H,27,30)/t19-,23+/m1/s1. The molecule has 2 rings (SSSR count). The molecule has 0 heterocycles. The summed E-state index contributed by atoms with van der Waals surface area (Å²) in [5.41, 5.74) is 3.89. The molecule has 0 aliphatic rings. The van der Waals surface area contributed by atoms with Crippen molar-refractivity contribution >= 4 is 23.2 Å². The second-order valence-electron chi connectivity index (χ2n) is 8.23. The molecule has 0 bridgehead atoms. The number of hydrogen-bond acceptors (Lipinski definition) is 3. The highest BCUT2D eigenvalue weighted by atomic mass is 16.2. The third-order valence-electron chi connectivity index (χ3n) is 5.82. The van der Waals surface area contributed by atoms with Crippen LogP contribution in [0, 0.1) is 0 Å². The largest absolute Gasteiger partial charge is 0.377 e. The van der Waals surface area contributed by atoms with E-state index < -0.39 is 0 Å². The predicted octanol–water partition coefficient (Wildman–Crippen LogP) is 5.42. The van der Waals surface area contributed by atoms with E-state index >= 15 is 0 Å². The number of nitrogens with one attached hydrogen (secondary N) is 1. The second kappa shape index (κ2) is 11.5. The molecule has 2 aromatic carbocycles. The molecule has 2 amide bonds. The Morgan fingerprint density at radius 2 is 1.65 bits per heavy atom. The maximum atomic E-state index is 13.7. The Kier molecular flexibility index (Phi) is 9.10. The van der Waals surface area contributed by atoms with Crippen molar-refractivity contribution in [2.75, 3.05) is 24.3 Å². The van der Waals surface area contributed by atoms with Crippen molar-refractivity contribution in [3.63, 3.8) is 0 Å². The van der Waals surface area contributed by atoms with Gasteiger partial charge >= 0.3 is 0 Å². The minimum Gasteiger partial charge on any atom is -0.377 e. The Bertz CT molecular complexity index is 864. The van der Waals surface area contributed by atoms with E-state index in [-0.39, 0.29) is 23.8 Å². The van der Waals surface area contributed by atoms with Gasteiger partial charge in [0.05, 0.1) is 5.92 Å². The molecule has 0 aliphatic carbocycles. The van der Waals surface area contributed by atoms with Gasteiger partial charge in [0, 0.05) is 44.5 Å². The van der Waals surface area contributed by atoms with Gasteiger partial charge < -0.3 is 15.1 Å². The number of amides is 2. The lowest BCUT2D eigenvalue weighted by Gasteiger charge is -2.33. The van der Waals surface area contributed by atoms with Crippen LogP contribution in [0.3, 0.4) is 0 Å². The maximum Gasteiger partial charge on any atom is 0.230 e. The fraction of sp³-hybridized carbons (Fsp3) is 0.462. The molecule has 2 aromatic rings. The van der Waals surface area contributed by atoms with Gasteiger partial charge in [-0.3, -0.25) is 9.59 Å². The van der Waals surface area contributed by atoms with Crippen LogP contribution in [-0.2, 0) is 16.1 Å². The number of rotatable bonds is 10. The first-order chi connectivity index (χ1) is 14.8. The smallest absolute Gasteiger partial charge is 0.230 e. The van der Waals surface area contributed by atoms with Crippen LogP contribution in [-0.4, -0.2) is 36.9 Å². The van der Waals surface area contributed by atoms with Gasteiger partial charge in [0.2, 0.25) is 11.8 Å². The molecule has 0 unspecified atom stereocenters. The Morgan fingerprint density at radius 3 is 2.19 bits per heavy atom.